The number of carbonyl (C=O) groups is 1. The highest BCUT2D eigenvalue weighted by Crippen LogP contribution is 2.14. The molecule has 1 amide bonds. The normalized spacial score (nSPS) is 10.5. The van der Waals surface area contributed by atoms with Gasteiger partial charge in [0, 0.05) is 18.0 Å². The average Bonchev–Trinajstić information content (AvgIpc) is 2.32. The maximum atomic E-state index is 11.7. The molecule has 0 aliphatic rings. The van der Waals surface area contributed by atoms with Crippen LogP contribution in [0.5, 0.6) is 0 Å². The van der Waals surface area contributed by atoms with Gasteiger partial charge in [-0.15, -0.1) is 11.8 Å². The van der Waals surface area contributed by atoms with E-state index in [4.69, 9.17) is 10.5 Å². The van der Waals surface area contributed by atoms with Gasteiger partial charge in [0.15, 0.2) is 0 Å². The lowest BCUT2D eigenvalue weighted by atomic mass is 10.1. The molecule has 1 rings (SSSR count). The molecule has 0 fully saturated rings. The number of ether oxygens (including phenoxy) is 1. The maximum absolute atomic E-state index is 11.7. The van der Waals surface area contributed by atoms with Crippen LogP contribution in [0.3, 0.4) is 0 Å². The highest BCUT2D eigenvalue weighted by atomic mass is 32.2. The van der Waals surface area contributed by atoms with Crippen LogP contribution in [-0.2, 0) is 9.53 Å². The van der Waals surface area contributed by atoms with Crippen molar-refractivity contribution in [3.63, 3.8) is 0 Å². The van der Waals surface area contributed by atoms with Crippen LogP contribution in [0.2, 0.25) is 0 Å². The second-order valence-electron chi connectivity index (χ2n) is 4.38. The number of rotatable bonds is 8. The first-order valence-electron chi connectivity index (χ1n) is 6.35. The molecule has 0 spiro atoms. The van der Waals surface area contributed by atoms with E-state index in [1.54, 1.807) is 11.8 Å². The molecule has 106 valence electrons. The summed E-state index contributed by atoms with van der Waals surface area (Å²) < 4.78 is 5.24. The van der Waals surface area contributed by atoms with Gasteiger partial charge in [0.05, 0.1) is 19.0 Å². The van der Waals surface area contributed by atoms with Crippen LogP contribution in [0.25, 0.3) is 0 Å². The largest absolute Gasteiger partial charge is 0.379 e. The summed E-state index contributed by atoms with van der Waals surface area (Å²) in [7, 11) is 0. The fourth-order valence-corrected chi connectivity index (χ4v) is 2.35. The van der Waals surface area contributed by atoms with Gasteiger partial charge in [-0.05, 0) is 37.1 Å². The van der Waals surface area contributed by atoms with Gasteiger partial charge >= 0.3 is 0 Å². The predicted molar refractivity (Wildman–Crippen MR) is 81.7 cm³/mol. The molecular formula is C14H22N2O2S. The molecule has 3 N–H and O–H groups in total. The van der Waals surface area contributed by atoms with E-state index in [-0.39, 0.29) is 5.91 Å². The summed E-state index contributed by atoms with van der Waals surface area (Å²) in [6.07, 6.45) is 0. The van der Waals surface area contributed by atoms with E-state index in [0.29, 0.717) is 25.5 Å². The number of hydrogen-bond donors (Lipinski definition) is 2. The lowest BCUT2D eigenvalue weighted by Crippen LogP contribution is -2.15. The molecule has 19 heavy (non-hydrogen) atoms. The lowest BCUT2D eigenvalue weighted by molar-refractivity contribution is -0.113. The first kappa shape index (κ1) is 16.0. The van der Waals surface area contributed by atoms with Crippen molar-refractivity contribution in [3.8, 4) is 0 Å². The number of thioether (sulfide) groups is 1. The zero-order chi connectivity index (χ0) is 14.1. The van der Waals surface area contributed by atoms with Crippen LogP contribution in [0.15, 0.2) is 18.2 Å². The topological polar surface area (TPSA) is 64.3 Å². The van der Waals surface area contributed by atoms with Crippen LogP contribution in [0.4, 0.5) is 5.69 Å². The third-order valence-corrected chi connectivity index (χ3v) is 3.29. The molecule has 0 atom stereocenters. The van der Waals surface area contributed by atoms with Gasteiger partial charge in [-0.25, -0.2) is 0 Å². The molecule has 1 aromatic carbocycles. The van der Waals surface area contributed by atoms with Gasteiger partial charge in [0.2, 0.25) is 5.91 Å². The highest BCUT2D eigenvalue weighted by Gasteiger charge is 2.03. The van der Waals surface area contributed by atoms with Crippen molar-refractivity contribution in [2.45, 2.75) is 13.8 Å². The second-order valence-corrected chi connectivity index (χ2v) is 5.48. The Hall–Kier alpha value is -1.04. The number of nitrogens with one attached hydrogen (secondary N) is 1. The Morgan fingerprint density at radius 1 is 1.26 bits per heavy atom. The van der Waals surface area contributed by atoms with Gasteiger partial charge in [0.25, 0.3) is 0 Å². The van der Waals surface area contributed by atoms with E-state index >= 15 is 0 Å². The van der Waals surface area contributed by atoms with Crippen molar-refractivity contribution in [3.05, 3.63) is 29.3 Å². The summed E-state index contributed by atoms with van der Waals surface area (Å²) in [5, 5.41) is 2.91. The minimum atomic E-state index is 0.0221. The van der Waals surface area contributed by atoms with E-state index in [9.17, 15) is 4.79 Å². The fraction of sp³-hybridized carbons (Fsp3) is 0.500. The van der Waals surface area contributed by atoms with Crippen molar-refractivity contribution in [1.82, 2.24) is 0 Å². The van der Waals surface area contributed by atoms with Crippen molar-refractivity contribution < 1.29 is 9.53 Å². The smallest absolute Gasteiger partial charge is 0.234 e. The van der Waals surface area contributed by atoms with E-state index in [1.165, 1.54) is 0 Å². The average molecular weight is 282 g/mol. The van der Waals surface area contributed by atoms with Crippen molar-refractivity contribution in [2.24, 2.45) is 5.73 Å². The van der Waals surface area contributed by atoms with Crippen molar-refractivity contribution >= 4 is 23.4 Å². The van der Waals surface area contributed by atoms with Gasteiger partial charge < -0.3 is 15.8 Å². The van der Waals surface area contributed by atoms with Gasteiger partial charge in [-0.2, -0.15) is 0 Å². The molecule has 0 heterocycles. The summed E-state index contributed by atoms with van der Waals surface area (Å²) in [5.41, 5.74) is 8.47. The Balaban J connectivity index is 2.23. The lowest BCUT2D eigenvalue weighted by Gasteiger charge is -2.07. The molecule has 0 aromatic heterocycles. The van der Waals surface area contributed by atoms with Crippen LogP contribution in [0.1, 0.15) is 11.1 Å². The molecule has 0 radical (unpaired) electrons. The first-order valence-corrected chi connectivity index (χ1v) is 7.51. The highest BCUT2D eigenvalue weighted by molar-refractivity contribution is 7.99. The van der Waals surface area contributed by atoms with Crippen LogP contribution in [-0.4, -0.2) is 37.2 Å². The van der Waals surface area contributed by atoms with E-state index in [1.807, 2.05) is 26.0 Å². The van der Waals surface area contributed by atoms with Crippen molar-refractivity contribution in [1.29, 1.82) is 0 Å². The fourth-order valence-electron chi connectivity index (χ4n) is 1.71. The summed E-state index contributed by atoms with van der Waals surface area (Å²) in [4.78, 5) is 11.7. The van der Waals surface area contributed by atoms with Gasteiger partial charge in [0.1, 0.15) is 0 Å². The monoisotopic (exact) mass is 282 g/mol. The Morgan fingerprint density at radius 3 is 2.58 bits per heavy atom. The SMILES string of the molecule is Cc1cc(C)cc(NC(=O)CSCCOCCN)c1. The minimum absolute atomic E-state index is 0.0221. The molecule has 0 unspecified atom stereocenters. The van der Waals surface area contributed by atoms with Crippen LogP contribution >= 0.6 is 11.8 Å². The molecule has 0 aliphatic heterocycles. The molecule has 1 aromatic rings. The number of anilines is 1. The van der Waals surface area contributed by atoms with Crippen LogP contribution in [0, 0.1) is 13.8 Å². The number of benzene rings is 1. The predicted octanol–water partition coefficient (Wildman–Crippen LogP) is 1.95. The number of nitrogens with two attached hydrogens (primary N) is 1. The Morgan fingerprint density at radius 2 is 1.95 bits per heavy atom. The standard InChI is InChI=1S/C14H22N2O2S/c1-11-7-12(2)9-13(8-11)16-14(17)10-19-6-5-18-4-3-15/h7-9H,3-6,10,15H2,1-2H3,(H,16,17). The molecule has 0 bridgehead atoms. The number of aryl methyl sites for hydroxylation is 2. The summed E-state index contributed by atoms with van der Waals surface area (Å²) in [5.74, 6) is 1.27. The van der Waals surface area contributed by atoms with Gasteiger partial charge in [-0.1, -0.05) is 6.07 Å². The second kappa shape index (κ2) is 8.96. The minimum Gasteiger partial charge on any atom is -0.379 e. The number of hydrogen-bond acceptors (Lipinski definition) is 4. The van der Waals surface area contributed by atoms with E-state index < -0.39 is 0 Å². The van der Waals surface area contributed by atoms with Gasteiger partial charge in [-0.3, -0.25) is 4.79 Å². The first-order chi connectivity index (χ1) is 9.11. The summed E-state index contributed by atoms with van der Waals surface area (Å²) in [6, 6.07) is 6.03. The molecule has 5 heteroatoms. The zero-order valence-corrected chi connectivity index (χ0v) is 12.4. The van der Waals surface area contributed by atoms with E-state index in [0.717, 1.165) is 22.6 Å². The summed E-state index contributed by atoms with van der Waals surface area (Å²) >= 11 is 1.56. The quantitative estimate of drug-likeness (QED) is 0.715. The Kier molecular flexibility index (Phi) is 7.55. The zero-order valence-electron chi connectivity index (χ0n) is 11.6. The van der Waals surface area contributed by atoms with Crippen LogP contribution < -0.4 is 11.1 Å². The Labute approximate surface area is 119 Å². The van der Waals surface area contributed by atoms with Crippen molar-refractivity contribution in [2.75, 3.05) is 36.6 Å². The molecule has 0 saturated heterocycles. The third kappa shape index (κ3) is 7.20. The number of carbonyl (C=O) groups excluding carboxylic acids is 1. The summed E-state index contributed by atoms with van der Waals surface area (Å²) in [6.45, 7) is 5.80. The molecule has 0 saturated carbocycles. The molecule has 4 nitrogen and oxygen atoms in total. The maximum Gasteiger partial charge on any atom is 0.234 e. The molecular weight excluding hydrogens is 260 g/mol. The van der Waals surface area contributed by atoms with E-state index in [2.05, 4.69) is 11.4 Å². The molecule has 0 aliphatic carbocycles. The number of amides is 1. The third-order valence-electron chi connectivity index (χ3n) is 2.37. The Bertz CT molecular complexity index is 390.